The Kier molecular flexibility index (Phi) is 3.60. The Labute approximate surface area is 108 Å². The minimum Gasteiger partial charge on any atom is -0.462 e. The highest BCUT2D eigenvalue weighted by Crippen LogP contribution is 2.16. The molecule has 0 saturated carbocycles. The van der Waals surface area contributed by atoms with Gasteiger partial charge < -0.3 is 15.0 Å². The van der Waals surface area contributed by atoms with Crippen molar-refractivity contribution < 1.29 is 14.3 Å². The first-order valence-electron chi connectivity index (χ1n) is 5.62. The van der Waals surface area contributed by atoms with Crippen molar-refractivity contribution in [3.63, 3.8) is 0 Å². The van der Waals surface area contributed by atoms with Crippen LogP contribution in [-0.2, 0) is 11.8 Å². The number of carbonyl (C=O) groups is 2. The predicted octanol–water partition coefficient (Wildman–Crippen LogP) is 0.572. The lowest BCUT2D eigenvalue weighted by Crippen LogP contribution is -2.17. The molecule has 0 aromatic carbocycles. The lowest BCUT2D eigenvalue weighted by Gasteiger charge is -2.06. The fourth-order valence-corrected chi connectivity index (χ4v) is 1.50. The molecule has 0 aliphatic rings. The standard InChI is InChI=1S/C11H13N5O3/c1-3-19-11(18)7-4-14-16(2)9(7)15-10(17)8-5-12-6-13-8/h4-6H,3H2,1-2H3,(H,12,13)(H,15,17). The zero-order valence-electron chi connectivity index (χ0n) is 10.5. The molecule has 0 unspecified atom stereocenters. The Morgan fingerprint density at radius 2 is 2.26 bits per heavy atom. The number of aromatic amines is 1. The SMILES string of the molecule is CCOC(=O)c1cnn(C)c1NC(=O)c1cnc[nH]1. The summed E-state index contributed by atoms with van der Waals surface area (Å²) in [6, 6.07) is 0. The molecule has 1 amide bonds. The molecule has 0 spiro atoms. The molecule has 2 aromatic heterocycles. The van der Waals surface area contributed by atoms with E-state index < -0.39 is 11.9 Å². The number of imidazole rings is 1. The highest BCUT2D eigenvalue weighted by atomic mass is 16.5. The number of H-pyrrole nitrogens is 1. The third kappa shape index (κ3) is 2.62. The molecule has 2 N–H and O–H groups in total. The van der Waals surface area contributed by atoms with E-state index in [0.717, 1.165) is 0 Å². The van der Waals surface area contributed by atoms with E-state index in [9.17, 15) is 9.59 Å². The van der Waals surface area contributed by atoms with E-state index in [1.165, 1.54) is 23.4 Å². The second-order valence-corrected chi connectivity index (χ2v) is 3.67. The van der Waals surface area contributed by atoms with E-state index in [4.69, 9.17) is 4.74 Å². The van der Waals surface area contributed by atoms with Crippen molar-refractivity contribution in [3.8, 4) is 0 Å². The summed E-state index contributed by atoms with van der Waals surface area (Å²) in [7, 11) is 1.62. The first-order valence-corrected chi connectivity index (χ1v) is 5.62. The average Bonchev–Trinajstić information content (AvgIpc) is 3.01. The van der Waals surface area contributed by atoms with Gasteiger partial charge in [0.1, 0.15) is 17.1 Å². The predicted molar refractivity (Wildman–Crippen MR) is 65.7 cm³/mol. The van der Waals surface area contributed by atoms with Crippen LogP contribution in [0.2, 0.25) is 0 Å². The topological polar surface area (TPSA) is 102 Å². The molecule has 2 rings (SSSR count). The zero-order chi connectivity index (χ0) is 13.8. The molecule has 0 saturated heterocycles. The first-order chi connectivity index (χ1) is 9.13. The zero-order valence-corrected chi connectivity index (χ0v) is 10.5. The van der Waals surface area contributed by atoms with Crippen LogP contribution < -0.4 is 5.32 Å². The number of esters is 1. The number of anilines is 1. The second kappa shape index (κ2) is 5.34. The molecule has 19 heavy (non-hydrogen) atoms. The Bertz CT molecular complexity index is 588. The van der Waals surface area contributed by atoms with Gasteiger partial charge in [-0.1, -0.05) is 0 Å². The lowest BCUT2D eigenvalue weighted by molar-refractivity contribution is 0.0527. The lowest BCUT2D eigenvalue weighted by atomic mass is 10.3. The van der Waals surface area contributed by atoms with Crippen molar-refractivity contribution in [2.75, 3.05) is 11.9 Å². The number of nitrogens with zero attached hydrogens (tertiary/aromatic N) is 3. The second-order valence-electron chi connectivity index (χ2n) is 3.67. The monoisotopic (exact) mass is 263 g/mol. The molecule has 2 aromatic rings. The van der Waals surface area contributed by atoms with E-state index in [0.29, 0.717) is 0 Å². The summed E-state index contributed by atoms with van der Waals surface area (Å²) < 4.78 is 6.28. The number of carbonyl (C=O) groups excluding carboxylic acids is 2. The van der Waals surface area contributed by atoms with Crippen LogP contribution in [-0.4, -0.2) is 38.2 Å². The van der Waals surface area contributed by atoms with Crippen molar-refractivity contribution in [1.82, 2.24) is 19.7 Å². The summed E-state index contributed by atoms with van der Waals surface area (Å²) in [5.41, 5.74) is 0.494. The van der Waals surface area contributed by atoms with E-state index in [1.54, 1.807) is 14.0 Å². The van der Waals surface area contributed by atoms with Gasteiger partial charge in [0.15, 0.2) is 0 Å². The van der Waals surface area contributed by atoms with Gasteiger partial charge in [-0.3, -0.25) is 9.48 Å². The molecule has 0 aliphatic carbocycles. The minimum atomic E-state index is -0.532. The molecule has 0 aliphatic heterocycles. The van der Waals surface area contributed by atoms with Crippen LogP contribution >= 0.6 is 0 Å². The van der Waals surface area contributed by atoms with Crippen LogP contribution in [0.5, 0.6) is 0 Å². The summed E-state index contributed by atoms with van der Waals surface area (Å²) in [4.78, 5) is 30.0. The molecule has 8 nitrogen and oxygen atoms in total. The maximum atomic E-state index is 11.9. The highest BCUT2D eigenvalue weighted by molar-refractivity contribution is 6.06. The molecule has 2 heterocycles. The number of amides is 1. The molecule has 0 fully saturated rings. The van der Waals surface area contributed by atoms with Gasteiger partial charge in [-0.2, -0.15) is 5.10 Å². The quantitative estimate of drug-likeness (QED) is 0.785. The van der Waals surface area contributed by atoms with Gasteiger partial charge in [0.25, 0.3) is 5.91 Å². The van der Waals surface area contributed by atoms with Gasteiger partial charge in [-0.25, -0.2) is 9.78 Å². The number of hydrogen-bond acceptors (Lipinski definition) is 5. The number of hydrogen-bond donors (Lipinski definition) is 2. The number of ether oxygens (including phenoxy) is 1. The summed E-state index contributed by atoms with van der Waals surface area (Å²) in [6.07, 6.45) is 4.13. The Morgan fingerprint density at radius 3 is 2.89 bits per heavy atom. The van der Waals surface area contributed by atoms with E-state index in [2.05, 4.69) is 20.4 Å². The fourth-order valence-electron chi connectivity index (χ4n) is 1.50. The van der Waals surface area contributed by atoms with Gasteiger partial charge in [0.2, 0.25) is 0 Å². The molecule has 0 bridgehead atoms. The van der Waals surface area contributed by atoms with Gasteiger partial charge >= 0.3 is 5.97 Å². The van der Waals surface area contributed by atoms with Gasteiger partial charge in [0, 0.05) is 7.05 Å². The molecular weight excluding hydrogens is 250 g/mol. The maximum absolute atomic E-state index is 11.9. The molecule has 0 atom stereocenters. The van der Waals surface area contributed by atoms with E-state index >= 15 is 0 Å². The number of rotatable bonds is 4. The third-order valence-corrected chi connectivity index (χ3v) is 2.41. The molecule has 0 radical (unpaired) electrons. The molecule has 100 valence electrons. The Morgan fingerprint density at radius 1 is 1.47 bits per heavy atom. The van der Waals surface area contributed by atoms with E-state index in [1.807, 2.05) is 0 Å². The number of nitrogens with one attached hydrogen (secondary N) is 2. The molecular formula is C11H13N5O3. The van der Waals surface area contributed by atoms with E-state index in [-0.39, 0.29) is 23.7 Å². The van der Waals surface area contributed by atoms with Crippen LogP contribution in [0.15, 0.2) is 18.7 Å². The Balaban J connectivity index is 2.22. The van der Waals surface area contributed by atoms with Gasteiger partial charge in [-0.05, 0) is 6.92 Å². The third-order valence-electron chi connectivity index (χ3n) is 2.41. The summed E-state index contributed by atoms with van der Waals surface area (Å²) in [6.45, 7) is 1.96. The average molecular weight is 263 g/mol. The van der Waals surface area contributed by atoms with Crippen molar-refractivity contribution >= 4 is 17.7 Å². The van der Waals surface area contributed by atoms with Crippen LogP contribution in [0.4, 0.5) is 5.82 Å². The van der Waals surface area contributed by atoms with Crippen molar-refractivity contribution in [2.24, 2.45) is 7.05 Å². The van der Waals surface area contributed by atoms with Crippen LogP contribution in [0.1, 0.15) is 27.8 Å². The minimum absolute atomic E-state index is 0.206. The smallest absolute Gasteiger partial charge is 0.343 e. The van der Waals surface area contributed by atoms with Crippen molar-refractivity contribution in [1.29, 1.82) is 0 Å². The number of aryl methyl sites for hydroxylation is 1. The fraction of sp³-hybridized carbons (Fsp3) is 0.273. The van der Waals surface area contributed by atoms with Crippen molar-refractivity contribution in [2.45, 2.75) is 6.92 Å². The van der Waals surface area contributed by atoms with Gasteiger partial charge in [-0.15, -0.1) is 0 Å². The normalized spacial score (nSPS) is 10.2. The largest absolute Gasteiger partial charge is 0.462 e. The van der Waals surface area contributed by atoms with Crippen LogP contribution in [0.3, 0.4) is 0 Å². The molecule has 8 heteroatoms. The summed E-state index contributed by atoms with van der Waals surface area (Å²) in [5, 5.41) is 6.52. The van der Waals surface area contributed by atoms with Crippen LogP contribution in [0, 0.1) is 0 Å². The van der Waals surface area contributed by atoms with Crippen LogP contribution in [0.25, 0.3) is 0 Å². The summed E-state index contributed by atoms with van der Waals surface area (Å²) >= 11 is 0. The van der Waals surface area contributed by atoms with Crippen molar-refractivity contribution in [3.05, 3.63) is 30.0 Å². The Hall–Kier alpha value is -2.64. The van der Waals surface area contributed by atoms with Gasteiger partial charge in [0.05, 0.1) is 25.3 Å². The summed E-state index contributed by atoms with van der Waals surface area (Å²) in [5.74, 6) is -0.666. The first kappa shape index (κ1) is 12.8. The highest BCUT2D eigenvalue weighted by Gasteiger charge is 2.20. The number of aromatic nitrogens is 4. The maximum Gasteiger partial charge on any atom is 0.343 e.